The molecule has 5 rings (SSSR count). The second-order valence-corrected chi connectivity index (χ2v) is 7.77. The number of nitrogens with zero attached hydrogens (tertiary/aromatic N) is 7. The molecule has 7 nitrogen and oxygen atoms in total. The fraction of sp³-hybridized carbons (Fsp3) is 0.217. The van der Waals surface area contributed by atoms with Crippen LogP contribution in [0.5, 0.6) is 0 Å². The first kappa shape index (κ1) is 18.8. The van der Waals surface area contributed by atoms with Gasteiger partial charge < -0.3 is 0 Å². The minimum atomic E-state index is -0.544. The first-order valence-electron chi connectivity index (χ1n) is 9.82. The van der Waals surface area contributed by atoms with Gasteiger partial charge in [-0.3, -0.25) is 9.97 Å². The molecule has 0 amide bonds. The molecule has 1 aliphatic rings. The highest BCUT2D eigenvalue weighted by atomic mass is 19.1. The predicted molar refractivity (Wildman–Crippen MR) is 110 cm³/mol. The summed E-state index contributed by atoms with van der Waals surface area (Å²) in [4.78, 5) is 10.2. The third kappa shape index (κ3) is 3.19. The highest BCUT2D eigenvalue weighted by Crippen LogP contribution is 2.45. The molecule has 1 fully saturated rings. The van der Waals surface area contributed by atoms with Crippen LogP contribution in [-0.2, 0) is 5.54 Å². The Bertz CT molecular complexity index is 1360. The molecule has 0 aliphatic heterocycles. The van der Waals surface area contributed by atoms with E-state index in [2.05, 4.69) is 27.2 Å². The molecule has 1 aliphatic carbocycles. The smallest absolute Gasteiger partial charge is 0.141 e. The molecule has 0 unspecified atom stereocenters. The van der Waals surface area contributed by atoms with Gasteiger partial charge in [0.15, 0.2) is 0 Å². The SMILES string of the molecule is N#CCC1(n2ncc(-c3cc(-c4ccc(F)cn4)cc4ncccc34)n2)CC(C#N)C1. The first-order chi connectivity index (χ1) is 15.1. The molecule has 0 atom stereocenters. The molecule has 0 saturated heterocycles. The van der Waals surface area contributed by atoms with Gasteiger partial charge in [-0.25, -0.2) is 4.39 Å². The maximum Gasteiger partial charge on any atom is 0.141 e. The third-order valence-electron chi connectivity index (χ3n) is 5.78. The maximum atomic E-state index is 13.3. The molecule has 150 valence electrons. The zero-order valence-electron chi connectivity index (χ0n) is 16.4. The third-order valence-corrected chi connectivity index (χ3v) is 5.78. The van der Waals surface area contributed by atoms with Gasteiger partial charge in [0.05, 0.1) is 53.6 Å². The summed E-state index contributed by atoms with van der Waals surface area (Å²) in [5, 5.41) is 28.5. The van der Waals surface area contributed by atoms with Crippen LogP contribution >= 0.6 is 0 Å². The molecule has 0 N–H and O–H groups in total. The summed E-state index contributed by atoms with van der Waals surface area (Å²) in [6.07, 6.45) is 5.94. The van der Waals surface area contributed by atoms with Crippen molar-refractivity contribution in [3.8, 4) is 34.7 Å². The van der Waals surface area contributed by atoms with Crippen LogP contribution in [0, 0.1) is 34.4 Å². The lowest BCUT2D eigenvalue weighted by molar-refractivity contribution is 0.0713. The van der Waals surface area contributed by atoms with Crippen molar-refractivity contribution < 1.29 is 4.39 Å². The Morgan fingerprint density at radius 1 is 1.10 bits per heavy atom. The Kier molecular flexibility index (Phi) is 4.41. The van der Waals surface area contributed by atoms with E-state index in [4.69, 9.17) is 5.10 Å². The van der Waals surface area contributed by atoms with Crippen molar-refractivity contribution in [2.24, 2.45) is 5.92 Å². The van der Waals surface area contributed by atoms with Gasteiger partial charge >= 0.3 is 0 Å². The van der Waals surface area contributed by atoms with Crippen molar-refractivity contribution in [1.82, 2.24) is 25.0 Å². The van der Waals surface area contributed by atoms with Gasteiger partial charge in [0.25, 0.3) is 0 Å². The minimum Gasteiger partial charge on any atom is -0.256 e. The molecule has 3 aromatic heterocycles. The van der Waals surface area contributed by atoms with Gasteiger partial charge in [0.2, 0.25) is 0 Å². The second kappa shape index (κ2) is 7.26. The van der Waals surface area contributed by atoms with E-state index in [1.165, 1.54) is 12.3 Å². The Morgan fingerprint density at radius 3 is 2.71 bits per heavy atom. The van der Waals surface area contributed by atoms with E-state index in [0.29, 0.717) is 24.2 Å². The van der Waals surface area contributed by atoms with Gasteiger partial charge in [-0.15, -0.1) is 0 Å². The zero-order valence-corrected chi connectivity index (χ0v) is 16.4. The van der Waals surface area contributed by atoms with E-state index in [1.54, 1.807) is 23.3 Å². The number of hydrogen-bond acceptors (Lipinski definition) is 6. The Morgan fingerprint density at radius 2 is 1.97 bits per heavy atom. The number of fused-ring (bicyclic) bond motifs is 1. The van der Waals surface area contributed by atoms with E-state index in [-0.39, 0.29) is 12.3 Å². The Labute approximate surface area is 177 Å². The molecule has 8 heteroatoms. The molecule has 0 bridgehead atoms. The fourth-order valence-corrected chi connectivity index (χ4v) is 4.18. The molecule has 1 saturated carbocycles. The average molecular weight is 409 g/mol. The molecule has 31 heavy (non-hydrogen) atoms. The van der Waals surface area contributed by atoms with E-state index in [1.807, 2.05) is 24.3 Å². The van der Waals surface area contributed by atoms with Crippen molar-refractivity contribution in [3.63, 3.8) is 0 Å². The van der Waals surface area contributed by atoms with Gasteiger partial charge in [0.1, 0.15) is 11.5 Å². The first-order valence-corrected chi connectivity index (χ1v) is 9.82. The highest BCUT2D eigenvalue weighted by Gasteiger charge is 2.48. The summed E-state index contributed by atoms with van der Waals surface area (Å²) in [6, 6.07) is 15.1. The molecule has 1 aromatic carbocycles. The maximum absolute atomic E-state index is 13.3. The van der Waals surface area contributed by atoms with Gasteiger partial charge in [-0.1, -0.05) is 6.07 Å². The Hall–Kier alpha value is -4.17. The monoisotopic (exact) mass is 409 g/mol. The van der Waals surface area contributed by atoms with Crippen LogP contribution in [0.4, 0.5) is 4.39 Å². The molecule has 0 spiro atoms. The van der Waals surface area contributed by atoms with Crippen LogP contribution in [0.15, 0.2) is 55.0 Å². The number of aromatic nitrogens is 5. The largest absolute Gasteiger partial charge is 0.256 e. The summed E-state index contributed by atoms with van der Waals surface area (Å²) in [6.45, 7) is 0. The van der Waals surface area contributed by atoms with Crippen LogP contribution in [-0.4, -0.2) is 25.0 Å². The summed E-state index contributed by atoms with van der Waals surface area (Å²) in [7, 11) is 0. The molecule has 4 aromatic rings. The lowest BCUT2D eigenvalue weighted by atomic mass is 9.68. The van der Waals surface area contributed by atoms with E-state index < -0.39 is 11.4 Å². The summed E-state index contributed by atoms with van der Waals surface area (Å²) >= 11 is 0. The van der Waals surface area contributed by atoms with E-state index in [9.17, 15) is 14.9 Å². The van der Waals surface area contributed by atoms with Crippen LogP contribution < -0.4 is 0 Å². The number of halogens is 1. The summed E-state index contributed by atoms with van der Waals surface area (Å²) < 4.78 is 13.3. The molecular weight excluding hydrogens is 393 g/mol. The van der Waals surface area contributed by atoms with Crippen LogP contribution in [0.25, 0.3) is 33.4 Å². The standard InChI is InChI=1S/C23H16FN7/c24-17-3-4-20(28-13-17)16-8-19(18-2-1-7-27-21(18)9-16)22-14-29-31(30-22)23(5-6-25)10-15(11-23)12-26/h1-4,7-9,13-15H,5,10-11H2. The van der Waals surface area contributed by atoms with E-state index in [0.717, 1.165) is 22.0 Å². The van der Waals surface area contributed by atoms with Crippen LogP contribution in [0.2, 0.25) is 0 Å². The van der Waals surface area contributed by atoms with Gasteiger partial charge in [-0.05, 0) is 43.2 Å². The van der Waals surface area contributed by atoms with E-state index >= 15 is 0 Å². The van der Waals surface area contributed by atoms with Crippen LogP contribution in [0.1, 0.15) is 19.3 Å². The molecular formula is C23H16FN7. The minimum absolute atomic E-state index is 0.0827. The number of benzene rings is 1. The van der Waals surface area contributed by atoms with Crippen molar-refractivity contribution in [3.05, 3.63) is 60.8 Å². The summed E-state index contributed by atoms with van der Waals surface area (Å²) in [5.41, 5.74) is 3.09. The fourth-order valence-electron chi connectivity index (χ4n) is 4.18. The van der Waals surface area contributed by atoms with Crippen molar-refractivity contribution in [2.75, 3.05) is 0 Å². The molecule has 3 heterocycles. The average Bonchev–Trinajstić information content (AvgIpc) is 3.26. The van der Waals surface area contributed by atoms with Gasteiger partial charge in [-0.2, -0.15) is 25.5 Å². The quantitative estimate of drug-likeness (QED) is 0.499. The number of hydrogen-bond donors (Lipinski definition) is 0. The van der Waals surface area contributed by atoms with Crippen LogP contribution in [0.3, 0.4) is 0 Å². The molecule has 0 radical (unpaired) electrons. The number of rotatable bonds is 4. The van der Waals surface area contributed by atoms with Crippen molar-refractivity contribution in [2.45, 2.75) is 24.8 Å². The lowest BCUT2D eigenvalue weighted by Crippen LogP contribution is -2.47. The number of nitriles is 2. The van der Waals surface area contributed by atoms with Crippen molar-refractivity contribution in [1.29, 1.82) is 10.5 Å². The Balaban J connectivity index is 1.62. The second-order valence-electron chi connectivity index (χ2n) is 7.77. The topological polar surface area (TPSA) is 104 Å². The lowest BCUT2D eigenvalue weighted by Gasteiger charge is -2.42. The van der Waals surface area contributed by atoms with Gasteiger partial charge in [0, 0.05) is 22.7 Å². The number of pyridine rings is 2. The highest BCUT2D eigenvalue weighted by molar-refractivity contribution is 5.96. The normalized spacial score (nSPS) is 20.0. The predicted octanol–water partition coefficient (Wildman–Crippen LogP) is 4.24. The zero-order chi connectivity index (χ0) is 21.4. The van der Waals surface area contributed by atoms with Crippen molar-refractivity contribution >= 4 is 10.9 Å². The summed E-state index contributed by atoms with van der Waals surface area (Å²) in [5.74, 6) is -0.481.